The summed E-state index contributed by atoms with van der Waals surface area (Å²) in [6.07, 6.45) is 1.93. The molecule has 0 bridgehead atoms. The molecule has 2 aromatic rings. The number of benzene rings is 2. The third-order valence-electron chi connectivity index (χ3n) is 3.84. The van der Waals surface area contributed by atoms with Gasteiger partial charge in [0.05, 0.1) is 13.7 Å². The highest BCUT2D eigenvalue weighted by Gasteiger charge is 2.23. The van der Waals surface area contributed by atoms with Gasteiger partial charge in [0.15, 0.2) is 17.5 Å². The van der Waals surface area contributed by atoms with Crippen molar-refractivity contribution in [2.75, 3.05) is 13.7 Å². The number of carbonyl (C=O) groups is 2. The summed E-state index contributed by atoms with van der Waals surface area (Å²) in [6, 6.07) is 12.2. The standard InChI is InChI=1S/C20H23NO5/c1-3-4-12-26-16-11-10-15(13-17(16)25-2)19(22)21-18(20(23)24)14-8-6-5-7-9-14/h5-11,13,18H,3-4,12H2,1-2H3,(H,21,22)(H,23,24). The van der Waals surface area contributed by atoms with Crippen molar-refractivity contribution >= 4 is 11.9 Å². The molecular weight excluding hydrogens is 334 g/mol. The van der Waals surface area contributed by atoms with Crippen molar-refractivity contribution in [2.24, 2.45) is 0 Å². The van der Waals surface area contributed by atoms with Crippen LogP contribution in [0.4, 0.5) is 0 Å². The number of methoxy groups -OCH3 is 1. The van der Waals surface area contributed by atoms with Gasteiger partial charge in [-0.05, 0) is 30.2 Å². The van der Waals surface area contributed by atoms with E-state index in [9.17, 15) is 14.7 Å². The number of carboxylic acid groups (broad SMARTS) is 1. The quantitative estimate of drug-likeness (QED) is 0.672. The lowest BCUT2D eigenvalue weighted by molar-refractivity contribution is -0.139. The third kappa shape index (κ3) is 4.99. The van der Waals surface area contributed by atoms with E-state index in [4.69, 9.17) is 9.47 Å². The van der Waals surface area contributed by atoms with Gasteiger partial charge < -0.3 is 19.9 Å². The highest BCUT2D eigenvalue weighted by Crippen LogP contribution is 2.28. The van der Waals surface area contributed by atoms with Crippen LogP contribution in [-0.2, 0) is 4.79 Å². The topological polar surface area (TPSA) is 84.9 Å². The molecule has 0 spiro atoms. The van der Waals surface area contributed by atoms with E-state index in [-0.39, 0.29) is 0 Å². The molecule has 0 saturated heterocycles. The molecule has 6 nitrogen and oxygen atoms in total. The van der Waals surface area contributed by atoms with Gasteiger partial charge in [-0.2, -0.15) is 0 Å². The zero-order valence-corrected chi connectivity index (χ0v) is 14.9. The number of carboxylic acids is 1. The Labute approximate surface area is 152 Å². The number of rotatable bonds is 9. The second kappa shape index (κ2) is 9.46. The van der Waals surface area contributed by atoms with Crippen LogP contribution in [0.2, 0.25) is 0 Å². The smallest absolute Gasteiger partial charge is 0.330 e. The van der Waals surface area contributed by atoms with Crippen LogP contribution in [0.1, 0.15) is 41.7 Å². The first kappa shape index (κ1) is 19.3. The molecule has 1 amide bonds. The van der Waals surface area contributed by atoms with Crippen molar-refractivity contribution in [2.45, 2.75) is 25.8 Å². The van der Waals surface area contributed by atoms with Crippen LogP contribution in [0.25, 0.3) is 0 Å². The Kier molecular flexibility index (Phi) is 7.02. The molecule has 0 aliphatic heterocycles. The molecule has 0 saturated carbocycles. The average Bonchev–Trinajstić information content (AvgIpc) is 2.66. The molecule has 0 aliphatic carbocycles. The lowest BCUT2D eigenvalue weighted by Crippen LogP contribution is -2.33. The molecule has 138 valence electrons. The second-order valence-electron chi connectivity index (χ2n) is 5.72. The minimum Gasteiger partial charge on any atom is -0.493 e. The van der Waals surface area contributed by atoms with Gasteiger partial charge in [0, 0.05) is 5.56 Å². The molecular formula is C20H23NO5. The SMILES string of the molecule is CCCCOc1ccc(C(=O)NC(C(=O)O)c2ccccc2)cc1OC. The lowest BCUT2D eigenvalue weighted by Gasteiger charge is -2.16. The number of ether oxygens (including phenoxy) is 2. The first-order valence-electron chi connectivity index (χ1n) is 8.46. The van der Waals surface area contributed by atoms with Gasteiger partial charge >= 0.3 is 5.97 Å². The first-order chi connectivity index (χ1) is 12.6. The number of hydrogen-bond donors (Lipinski definition) is 2. The van der Waals surface area contributed by atoms with Crippen LogP contribution in [0.3, 0.4) is 0 Å². The summed E-state index contributed by atoms with van der Waals surface area (Å²) >= 11 is 0. The molecule has 0 fully saturated rings. The highest BCUT2D eigenvalue weighted by atomic mass is 16.5. The van der Waals surface area contributed by atoms with Gasteiger partial charge in [-0.3, -0.25) is 4.79 Å². The minimum absolute atomic E-state index is 0.298. The van der Waals surface area contributed by atoms with E-state index in [1.165, 1.54) is 7.11 Å². The number of nitrogens with one attached hydrogen (secondary N) is 1. The summed E-state index contributed by atoms with van der Waals surface area (Å²) in [6.45, 7) is 2.63. The van der Waals surface area contributed by atoms with Crippen LogP contribution >= 0.6 is 0 Å². The summed E-state index contributed by atoms with van der Waals surface area (Å²) in [7, 11) is 1.49. The minimum atomic E-state index is -1.13. The van der Waals surface area contributed by atoms with Gasteiger partial charge in [-0.15, -0.1) is 0 Å². The van der Waals surface area contributed by atoms with Crippen molar-refractivity contribution in [1.82, 2.24) is 5.32 Å². The van der Waals surface area contributed by atoms with Crippen LogP contribution in [-0.4, -0.2) is 30.7 Å². The Balaban J connectivity index is 2.16. The second-order valence-corrected chi connectivity index (χ2v) is 5.72. The maximum Gasteiger partial charge on any atom is 0.330 e. The van der Waals surface area contributed by atoms with E-state index in [0.717, 1.165) is 12.8 Å². The summed E-state index contributed by atoms with van der Waals surface area (Å²) < 4.78 is 10.9. The number of unbranched alkanes of at least 4 members (excludes halogenated alkanes) is 1. The molecule has 2 N–H and O–H groups in total. The van der Waals surface area contributed by atoms with Gasteiger partial charge in [-0.1, -0.05) is 43.7 Å². The number of carbonyl (C=O) groups excluding carboxylic acids is 1. The Morgan fingerprint density at radius 2 is 1.85 bits per heavy atom. The van der Waals surface area contributed by atoms with E-state index in [0.29, 0.717) is 29.2 Å². The molecule has 0 radical (unpaired) electrons. The maximum atomic E-state index is 12.5. The maximum absolute atomic E-state index is 12.5. The van der Waals surface area contributed by atoms with Crippen molar-refractivity contribution in [3.05, 3.63) is 59.7 Å². The Morgan fingerprint density at radius 3 is 2.46 bits per heavy atom. The van der Waals surface area contributed by atoms with Crippen molar-refractivity contribution < 1.29 is 24.2 Å². The molecule has 1 atom stereocenters. The zero-order valence-electron chi connectivity index (χ0n) is 14.9. The van der Waals surface area contributed by atoms with Gasteiger partial charge in [0.25, 0.3) is 5.91 Å². The summed E-state index contributed by atoms with van der Waals surface area (Å²) in [5.41, 5.74) is 0.798. The van der Waals surface area contributed by atoms with Crippen LogP contribution in [0.5, 0.6) is 11.5 Å². The monoisotopic (exact) mass is 357 g/mol. The fraction of sp³-hybridized carbons (Fsp3) is 0.300. The van der Waals surface area contributed by atoms with Crippen molar-refractivity contribution in [3.8, 4) is 11.5 Å². The predicted octanol–water partition coefficient (Wildman–Crippen LogP) is 3.43. The molecule has 0 heterocycles. The molecule has 0 aliphatic rings. The Hall–Kier alpha value is -3.02. The molecule has 0 aromatic heterocycles. The molecule has 1 unspecified atom stereocenters. The predicted molar refractivity (Wildman–Crippen MR) is 97.7 cm³/mol. The van der Waals surface area contributed by atoms with E-state index >= 15 is 0 Å². The van der Waals surface area contributed by atoms with Crippen molar-refractivity contribution in [1.29, 1.82) is 0 Å². The molecule has 2 rings (SSSR count). The van der Waals surface area contributed by atoms with Gasteiger partial charge in [0.2, 0.25) is 0 Å². The van der Waals surface area contributed by atoms with E-state index in [1.54, 1.807) is 48.5 Å². The van der Waals surface area contributed by atoms with E-state index in [1.807, 2.05) is 0 Å². The van der Waals surface area contributed by atoms with E-state index in [2.05, 4.69) is 12.2 Å². The number of hydrogen-bond acceptors (Lipinski definition) is 4. The summed E-state index contributed by atoms with van der Waals surface area (Å²) in [5, 5.41) is 12.0. The summed E-state index contributed by atoms with van der Waals surface area (Å²) in [4.78, 5) is 24.0. The van der Waals surface area contributed by atoms with Gasteiger partial charge in [-0.25, -0.2) is 4.79 Å². The van der Waals surface area contributed by atoms with E-state index < -0.39 is 17.9 Å². The zero-order chi connectivity index (χ0) is 18.9. The normalized spacial score (nSPS) is 11.5. The Bertz CT molecular complexity index is 745. The molecule has 26 heavy (non-hydrogen) atoms. The fourth-order valence-electron chi connectivity index (χ4n) is 2.40. The van der Waals surface area contributed by atoms with Gasteiger partial charge in [0.1, 0.15) is 0 Å². The fourth-order valence-corrected chi connectivity index (χ4v) is 2.40. The van der Waals surface area contributed by atoms with Crippen LogP contribution < -0.4 is 14.8 Å². The van der Waals surface area contributed by atoms with Crippen LogP contribution in [0, 0.1) is 0 Å². The number of amides is 1. The highest BCUT2D eigenvalue weighted by molar-refractivity contribution is 5.97. The first-order valence-corrected chi connectivity index (χ1v) is 8.46. The third-order valence-corrected chi connectivity index (χ3v) is 3.84. The van der Waals surface area contributed by atoms with Crippen LogP contribution in [0.15, 0.2) is 48.5 Å². The molecule has 6 heteroatoms. The number of aliphatic carboxylic acids is 1. The molecule has 2 aromatic carbocycles. The Morgan fingerprint density at radius 1 is 1.12 bits per heavy atom. The lowest BCUT2D eigenvalue weighted by atomic mass is 10.1. The average molecular weight is 357 g/mol. The van der Waals surface area contributed by atoms with Crippen molar-refractivity contribution in [3.63, 3.8) is 0 Å². The summed E-state index contributed by atoms with van der Waals surface area (Å²) in [5.74, 6) is -0.647. The largest absolute Gasteiger partial charge is 0.493 e.